The third-order valence-corrected chi connectivity index (χ3v) is 1.98. The van der Waals surface area contributed by atoms with Crippen molar-refractivity contribution < 1.29 is 14.6 Å². The third kappa shape index (κ3) is 2.17. The minimum Gasteiger partial charge on any atom is -0.496 e. The number of methoxy groups -OCH3 is 1. The van der Waals surface area contributed by atoms with Crippen LogP contribution in [0.5, 0.6) is 5.75 Å². The number of carboxylic acids is 1. The van der Waals surface area contributed by atoms with Gasteiger partial charge in [-0.1, -0.05) is 0 Å². The minimum atomic E-state index is -1.02. The Bertz CT molecular complexity index is 435. The van der Waals surface area contributed by atoms with Crippen molar-refractivity contribution in [1.82, 2.24) is 0 Å². The third-order valence-electron chi connectivity index (χ3n) is 1.98. The van der Waals surface area contributed by atoms with Crippen molar-refractivity contribution in [2.75, 3.05) is 12.8 Å². The first kappa shape index (κ1) is 10.9. The Labute approximate surface area is 86.7 Å². The number of benzene rings is 1. The zero-order valence-corrected chi connectivity index (χ0v) is 8.15. The fraction of sp³-hybridized carbons (Fsp3) is 0.200. The predicted molar refractivity (Wildman–Crippen MR) is 53.5 cm³/mol. The number of carbonyl (C=O) groups is 1. The molecule has 0 aliphatic rings. The average molecular weight is 206 g/mol. The normalized spacial score (nSPS) is 9.33. The minimum absolute atomic E-state index is 0.166. The molecular formula is C10H10N2O3. The lowest BCUT2D eigenvalue weighted by Crippen LogP contribution is -2.07. The van der Waals surface area contributed by atoms with E-state index < -0.39 is 5.97 Å². The molecule has 0 amide bonds. The molecule has 5 nitrogen and oxygen atoms in total. The monoisotopic (exact) mass is 206 g/mol. The van der Waals surface area contributed by atoms with Crippen molar-refractivity contribution in [3.05, 3.63) is 23.3 Å². The maximum absolute atomic E-state index is 10.6. The molecule has 15 heavy (non-hydrogen) atoms. The van der Waals surface area contributed by atoms with Crippen LogP contribution in [0, 0.1) is 11.3 Å². The van der Waals surface area contributed by atoms with Gasteiger partial charge in [-0.05, 0) is 12.1 Å². The summed E-state index contributed by atoms with van der Waals surface area (Å²) in [6.07, 6.45) is -0.259. The molecule has 3 N–H and O–H groups in total. The van der Waals surface area contributed by atoms with Crippen molar-refractivity contribution in [2.24, 2.45) is 0 Å². The second-order valence-corrected chi connectivity index (χ2v) is 2.89. The first-order valence-corrected chi connectivity index (χ1v) is 4.17. The number of carboxylic acid groups (broad SMARTS) is 1. The van der Waals surface area contributed by atoms with E-state index in [-0.39, 0.29) is 17.7 Å². The maximum atomic E-state index is 10.6. The molecule has 0 aliphatic heterocycles. The number of hydrogen-bond acceptors (Lipinski definition) is 4. The first-order chi connectivity index (χ1) is 7.10. The number of hydrogen-bond donors (Lipinski definition) is 2. The highest BCUT2D eigenvalue weighted by atomic mass is 16.5. The summed E-state index contributed by atoms with van der Waals surface area (Å²) in [6, 6.07) is 4.92. The van der Waals surface area contributed by atoms with Gasteiger partial charge in [-0.2, -0.15) is 5.26 Å². The van der Waals surface area contributed by atoms with E-state index in [1.807, 2.05) is 6.07 Å². The SMILES string of the molecule is COc1ccc(C#N)c(N)c1CC(=O)O. The fourth-order valence-corrected chi connectivity index (χ4v) is 1.27. The Morgan fingerprint density at radius 1 is 1.67 bits per heavy atom. The quantitative estimate of drug-likeness (QED) is 0.712. The van der Waals surface area contributed by atoms with Crippen LogP contribution in [0.2, 0.25) is 0 Å². The van der Waals surface area contributed by atoms with Gasteiger partial charge in [0.2, 0.25) is 0 Å². The molecule has 1 aromatic carbocycles. The number of nitrogens with zero attached hydrogens (tertiary/aromatic N) is 1. The summed E-state index contributed by atoms with van der Waals surface area (Å²) in [4.78, 5) is 10.6. The molecule has 0 saturated carbocycles. The molecular weight excluding hydrogens is 196 g/mol. The lowest BCUT2D eigenvalue weighted by Gasteiger charge is -2.10. The smallest absolute Gasteiger partial charge is 0.308 e. The largest absolute Gasteiger partial charge is 0.496 e. The zero-order chi connectivity index (χ0) is 11.4. The van der Waals surface area contributed by atoms with Crippen LogP contribution in [0.4, 0.5) is 5.69 Å². The Morgan fingerprint density at radius 3 is 2.80 bits per heavy atom. The van der Waals surface area contributed by atoms with Crippen LogP contribution in [0.25, 0.3) is 0 Å². The molecule has 0 saturated heterocycles. The van der Waals surface area contributed by atoms with Crippen molar-refractivity contribution in [2.45, 2.75) is 6.42 Å². The first-order valence-electron chi connectivity index (χ1n) is 4.17. The van der Waals surface area contributed by atoms with Crippen molar-refractivity contribution in [3.63, 3.8) is 0 Å². The van der Waals surface area contributed by atoms with E-state index in [1.165, 1.54) is 19.2 Å². The molecule has 0 heterocycles. The van der Waals surface area contributed by atoms with Crippen molar-refractivity contribution >= 4 is 11.7 Å². The molecule has 0 aromatic heterocycles. The molecule has 0 spiro atoms. The van der Waals surface area contributed by atoms with E-state index in [4.69, 9.17) is 20.8 Å². The molecule has 0 unspecified atom stereocenters. The highest BCUT2D eigenvalue weighted by Crippen LogP contribution is 2.27. The number of nitrogen functional groups attached to an aromatic ring is 1. The number of ether oxygens (including phenoxy) is 1. The maximum Gasteiger partial charge on any atom is 0.308 e. The lowest BCUT2D eigenvalue weighted by molar-refractivity contribution is -0.136. The number of nitrogens with two attached hydrogens (primary N) is 1. The van der Waals surface area contributed by atoms with Gasteiger partial charge in [-0.25, -0.2) is 0 Å². The van der Waals surface area contributed by atoms with E-state index in [9.17, 15) is 4.79 Å². The van der Waals surface area contributed by atoms with Gasteiger partial charge in [0, 0.05) is 5.56 Å². The van der Waals surface area contributed by atoms with Gasteiger partial charge < -0.3 is 15.6 Å². The summed E-state index contributed by atoms with van der Waals surface area (Å²) in [5, 5.41) is 17.4. The topological polar surface area (TPSA) is 96.3 Å². The summed E-state index contributed by atoms with van der Waals surface area (Å²) >= 11 is 0. The van der Waals surface area contributed by atoms with E-state index in [0.29, 0.717) is 11.3 Å². The molecule has 0 bridgehead atoms. The molecule has 0 radical (unpaired) electrons. The zero-order valence-electron chi connectivity index (χ0n) is 8.15. The Hall–Kier alpha value is -2.22. The van der Waals surface area contributed by atoms with Gasteiger partial charge in [-0.15, -0.1) is 0 Å². The number of anilines is 1. The van der Waals surface area contributed by atoms with Crippen LogP contribution in [0.1, 0.15) is 11.1 Å². The molecule has 0 atom stereocenters. The van der Waals surface area contributed by atoms with Crippen molar-refractivity contribution in [1.29, 1.82) is 5.26 Å². The summed E-state index contributed by atoms with van der Waals surface area (Å²) in [7, 11) is 1.42. The van der Waals surface area contributed by atoms with Crippen LogP contribution in [-0.2, 0) is 11.2 Å². The molecule has 78 valence electrons. The number of aliphatic carboxylic acids is 1. The fourth-order valence-electron chi connectivity index (χ4n) is 1.27. The highest BCUT2D eigenvalue weighted by Gasteiger charge is 2.14. The molecule has 5 heteroatoms. The second kappa shape index (κ2) is 4.33. The van der Waals surface area contributed by atoms with E-state index >= 15 is 0 Å². The summed E-state index contributed by atoms with van der Waals surface area (Å²) in [5.74, 6) is -0.635. The number of nitriles is 1. The summed E-state index contributed by atoms with van der Waals surface area (Å²) in [6.45, 7) is 0. The van der Waals surface area contributed by atoms with E-state index in [2.05, 4.69) is 0 Å². The van der Waals surface area contributed by atoms with Gasteiger partial charge >= 0.3 is 5.97 Å². The van der Waals surface area contributed by atoms with Gasteiger partial charge in [0.1, 0.15) is 11.8 Å². The van der Waals surface area contributed by atoms with Gasteiger partial charge in [0.25, 0.3) is 0 Å². The number of rotatable bonds is 3. The van der Waals surface area contributed by atoms with Gasteiger partial charge in [-0.3, -0.25) is 4.79 Å². The Balaban J connectivity index is 3.30. The van der Waals surface area contributed by atoms with Crippen LogP contribution in [-0.4, -0.2) is 18.2 Å². The Morgan fingerprint density at radius 2 is 2.33 bits per heavy atom. The molecule has 1 aromatic rings. The van der Waals surface area contributed by atoms with Crippen LogP contribution in [0.3, 0.4) is 0 Å². The highest BCUT2D eigenvalue weighted by molar-refractivity contribution is 5.76. The molecule has 0 aliphatic carbocycles. The van der Waals surface area contributed by atoms with Gasteiger partial charge in [0.05, 0.1) is 24.8 Å². The van der Waals surface area contributed by atoms with Crippen LogP contribution in [0.15, 0.2) is 12.1 Å². The second-order valence-electron chi connectivity index (χ2n) is 2.89. The standard InChI is InChI=1S/C10H10N2O3/c1-15-8-3-2-6(5-11)10(12)7(8)4-9(13)14/h2-3H,4,12H2,1H3,(H,13,14). The van der Waals surface area contributed by atoms with E-state index in [0.717, 1.165) is 0 Å². The predicted octanol–water partition coefficient (Wildman–Crippen LogP) is 0.776. The van der Waals surface area contributed by atoms with E-state index in [1.54, 1.807) is 0 Å². The molecule has 1 rings (SSSR count). The van der Waals surface area contributed by atoms with Crippen LogP contribution < -0.4 is 10.5 Å². The van der Waals surface area contributed by atoms with Crippen LogP contribution >= 0.6 is 0 Å². The average Bonchev–Trinajstić information content (AvgIpc) is 2.20. The Kier molecular flexibility index (Phi) is 3.13. The molecule has 0 fully saturated rings. The van der Waals surface area contributed by atoms with Gasteiger partial charge in [0.15, 0.2) is 0 Å². The van der Waals surface area contributed by atoms with Crippen molar-refractivity contribution in [3.8, 4) is 11.8 Å². The summed E-state index contributed by atoms with van der Waals surface area (Å²) in [5.41, 5.74) is 6.41. The summed E-state index contributed by atoms with van der Waals surface area (Å²) < 4.78 is 4.97. The lowest BCUT2D eigenvalue weighted by atomic mass is 10.0.